The Balaban J connectivity index is 1.68. The molecule has 180 valence electrons. The predicted octanol–water partition coefficient (Wildman–Crippen LogP) is 6.88. The molecule has 0 amide bonds. The quantitative estimate of drug-likeness (QED) is 0.218. The van der Waals surface area contributed by atoms with Crippen LogP contribution in [0.4, 0.5) is 5.69 Å². The lowest BCUT2D eigenvalue weighted by molar-refractivity contribution is 0.223. The molecule has 0 radical (unpaired) electrons. The molecule has 1 aliphatic heterocycles. The molecule has 1 N–H and O–H groups in total. The van der Waals surface area contributed by atoms with Gasteiger partial charge in [-0.25, -0.2) is 0 Å². The summed E-state index contributed by atoms with van der Waals surface area (Å²) >= 11 is 5.29. The normalized spacial score (nSPS) is 14.3. The summed E-state index contributed by atoms with van der Waals surface area (Å²) < 4.78 is 18.6. The summed E-state index contributed by atoms with van der Waals surface area (Å²) in [6.45, 7) is 4.68. The van der Waals surface area contributed by atoms with Crippen LogP contribution in [0.25, 0.3) is 11.3 Å². The molecule has 9 heteroatoms. The molecule has 1 aliphatic rings. The fourth-order valence-corrected chi connectivity index (χ4v) is 5.03. The van der Waals surface area contributed by atoms with Gasteiger partial charge in [0.2, 0.25) is 11.0 Å². The minimum atomic E-state index is -0.527. The van der Waals surface area contributed by atoms with Crippen LogP contribution in [0.2, 0.25) is 0 Å². The Kier molecular flexibility index (Phi) is 8.50. The van der Waals surface area contributed by atoms with Crippen molar-refractivity contribution >= 4 is 33.4 Å². The van der Waals surface area contributed by atoms with Gasteiger partial charge in [0, 0.05) is 27.0 Å². The second-order valence-corrected chi connectivity index (χ2v) is 9.72. The number of thioether (sulfide) groups is 1. The van der Waals surface area contributed by atoms with Gasteiger partial charge in [-0.2, -0.15) is 4.98 Å². The molecule has 0 unspecified atom stereocenters. The van der Waals surface area contributed by atoms with Crippen LogP contribution < -0.4 is 19.5 Å². The van der Waals surface area contributed by atoms with Crippen LogP contribution in [-0.2, 0) is 0 Å². The predicted molar refractivity (Wildman–Crippen MR) is 139 cm³/mol. The molecule has 0 spiro atoms. The minimum Gasteiger partial charge on any atom is -0.493 e. The van der Waals surface area contributed by atoms with Crippen LogP contribution in [0.15, 0.2) is 46.0 Å². The molecule has 3 aromatic rings. The molecule has 1 atom stereocenters. The summed E-state index contributed by atoms with van der Waals surface area (Å²) in [5.41, 5.74) is 3.27. The second kappa shape index (κ2) is 11.8. The van der Waals surface area contributed by atoms with Crippen molar-refractivity contribution in [3.05, 3.63) is 46.4 Å². The van der Waals surface area contributed by atoms with Crippen molar-refractivity contribution in [1.82, 2.24) is 15.2 Å². The number of unbranched alkanes of at least 4 members (excludes halogenated alkanes) is 3. The van der Waals surface area contributed by atoms with Gasteiger partial charge in [0.1, 0.15) is 0 Å². The molecule has 0 aliphatic carbocycles. The standard InChI is InChI=1S/C25H29BrN4O3S/c1-4-6-7-10-13-34-25-28-24-22(29-30-25)16-11-8-9-12-19(16)27-23(33-24)17-14-21(32-5-2)20(31-3)15-18(17)26/h8-9,11-12,14-15,23,27H,4-7,10,13H2,1-3H3/t23-/m0/s1. The lowest BCUT2D eigenvalue weighted by Crippen LogP contribution is -2.18. The Hall–Kier alpha value is -2.52. The van der Waals surface area contributed by atoms with Gasteiger partial charge in [-0.05, 0) is 31.5 Å². The number of ether oxygens (including phenoxy) is 3. The summed E-state index contributed by atoms with van der Waals surface area (Å²) in [7, 11) is 1.63. The van der Waals surface area contributed by atoms with Gasteiger partial charge in [0.05, 0.1) is 13.7 Å². The highest BCUT2D eigenvalue weighted by Crippen LogP contribution is 2.43. The first-order chi connectivity index (χ1) is 16.6. The maximum atomic E-state index is 6.43. The fraction of sp³-hybridized carbons (Fsp3) is 0.400. The van der Waals surface area contributed by atoms with Gasteiger partial charge in [0.15, 0.2) is 23.4 Å². The molecule has 4 rings (SSSR count). The van der Waals surface area contributed by atoms with Crippen molar-refractivity contribution in [3.63, 3.8) is 0 Å². The highest BCUT2D eigenvalue weighted by atomic mass is 79.9. The first-order valence-corrected chi connectivity index (χ1v) is 13.3. The van der Waals surface area contributed by atoms with Crippen LogP contribution in [0.3, 0.4) is 0 Å². The molecule has 0 fully saturated rings. The molecule has 2 heterocycles. The van der Waals surface area contributed by atoms with E-state index < -0.39 is 6.23 Å². The number of nitrogens with zero attached hydrogens (tertiary/aromatic N) is 3. The lowest BCUT2D eigenvalue weighted by atomic mass is 10.1. The van der Waals surface area contributed by atoms with Crippen molar-refractivity contribution in [2.24, 2.45) is 0 Å². The highest BCUT2D eigenvalue weighted by molar-refractivity contribution is 9.10. The van der Waals surface area contributed by atoms with E-state index >= 15 is 0 Å². The van der Waals surface area contributed by atoms with Crippen LogP contribution in [-0.4, -0.2) is 34.7 Å². The van der Waals surface area contributed by atoms with E-state index in [1.54, 1.807) is 18.9 Å². The molecule has 2 aromatic carbocycles. The van der Waals surface area contributed by atoms with Gasteiger partial charge >= 0.3 is 0 Å². The molecule has 34 heavy (non-hydrogen) atoms. The minimum absolute atomic E-state index is 0.453. The van der Waals surface area contributed by atoms with Crippen molar-refractivity contribution in [2.75, 3.05) is 24.8 Å². The number of benzene rings is 2. The molecule has 0 bridgehead atoms. The summed E-state index contributed by atoms with van der Waals surface area (Å²) in [4.78, 5) is 4.74. The van der Waals surface area contributed by atoms with E-state index in [0.717, 1.165) is 33.5 Å². The molecule has 0 saturated heterocycles. The first-order valence-electron chi connectivity index (χ1n) is 11.5. The number of para-hydroxylation sites is 1. The smallest absolute Gasteiger partial charge is 0.247 e. The fourth-order valence-electron chi connectivity index (χ4n) is 3.72. The van der Waals surface area contributed by atoms with E-state index in [4.69, 9.17) is 19.2 Å². The highest BCUT2D eigenvalue weighted by Gasteiger charge is 2.28. The van der Waals surface area contributed by atoms with Gasteiger partial charge < -0.3 is 19.5 Å². The number of methoxy groups -OCH3 is 1. The Labute approximate surface area is 213 Å². The first kappa shape index (κ1) is 24.6. The Morgan fingerprint density at radius 1 is 1.09 bits per heavy atom. The SMILES string of the molecule is CCCCCCSc1nnc2c(n1)O[C@@H](c1cc(OCC)c(OC)cc1Br)Nc1ccccc1-2. The van der Waals surface area contributed by atoms with Gasteiger partial charge in [-0.1, -0.05) is 72.1 Å². The van der Waals surface area contributed by atoms with Gasteiger partial charge in [-0.15, -0.1) is 10.2 Å². The average molecular weight is 546 g/mol. The molecule has 1 aromatic heterocycles. The molecule has 7 nitrogen and oxygen atoms in total. The summed E-state index contributed by atoms with van der Waals surface area (Å²) in [5.74, 6) is 2.71. The third kappa shape index (κ3) is 5.58. The van der Waals surface area contributed by atoms with E-state index in [9.17, 15) is 0 Å². The van der Waals surface area contributed by atoms with Crippen molar-refractivity contribution < 1.29 is 14.2 Å². The van der Waals surface area contributed by atoms with Gasteiger partial charge in [0.25, 0.3) is 0 Å². The Morgan fingerprint density at radius 3 is 2.74 bits per heavy atom. The zero-order valence-corrected chi connectivity index (χ0v) is 22.0. The monoisotopic (exact) mass is 544 g/mol. The zero-order chi connectivity index (χ0) is 23.9. The number of halogens is 1. The largest absolute Gasteiger partial charge is 0.493 e. The number of rotatable bonds is 10. The third-order valence-corrected chi connectivity index (χ3v) is 7.04. The number of nitrogens with one attached hydrogen (secondary N) is 1. The number of fused-ring (bicyclic) bond motifs is 3. The van der Waals surface area contributed by atoms with E-state index in [1.165, 1.54) is 19.3 Å². The lowest BCUT2D eigenvalue weighted by Gasteiger charge is -2.22. The summed E-state index contributed by atoms with van der Waals surface area (Å²) in [6, 6.07) is 11.8. The molecular weight excluding hydrogens is 516 g/mol. The van der Waals surface area contributed by atoms with Crippen molar-refractivity contribution in [2.45, 2.75) is 50.9 Å². The Bertz CT molecular complexity index is 1130. The summed E-state index contributed by atoms with van der Waals surface area (Å²) in [5, 5.41) is 13.0. The number of hydrogen-bond donors (Lipinski definition) is 1. The van der Waals surface area contributed by atoms with E-state index in [0.29, 0.717) is 34.8 Å². The van der Waals surface area contributed by atoms with E-state index in [1.807, 2.05) is 43.3 Å². The number of aromatic nitrogens is 3. The second-order valence-electron chi connectivity index (χ2n) is 7.80. The van der Waals surface area contributed by atoms with E-state index in [2.05, 4.69) is 38.4 Å². The van der Waals surface area contributed by atoms with Crippen LogP contribution in [0.5, 0.6) is 17.4 Å². The molecule has 0 saturated carbocycles. The topological polar surface area (TPSA) is 78.4 Å². The summed E-state index contributed by atoms with van der Waals surface area (Å²) in [6.07, 6.45) is 4.28. The maximum Gasteiger partial charge on any atom is 0.247 e. The Morgan fingerprint density at radius 2 is 1.94 bits per heavy atom. The zero-order valence-electron chi connectivity index (χ0n) is 19.6. The average Bonchev–Trinajstić information content (AvgIpc) is 3.01. The van der Waals surface area contributed by atoms with Crippen LogP contribution in [0.1, 0.15) is 51.3 Å². The number of hydrogen-bond acceptors (Lipinski definition) is 8. The van der Waals surface area contributed by atoms with Crippen molar-refractivity contribution in [3.8, 4) is 28.6 Å². The van der Waals surface area contributed by atoms with Crippen molar-refractivity contribution in [1.29, 1.82) is 0 Å². The van der Waals surface area contributed by atoms with Gasteiger partial charge in [-0.3, -0.25) is 0 Å². The number of anilines is 1. The van der Waals surface area contributed by atoms with Crippen LogP contribution in [0, 0.1) is 0 Å². The molecular formula is C25H29BrN4O3S. The van der Waals surface area contributed by atoms with E-state index in [-0.39, 0.29) is 0 Å². The third-order valence-electron chi connectivity index (χ3n) is 5.43. The maximum absolute atomic E-state index is 6.43. The van der Waals surface area contributed by atoms with Crippen LogP contribution >= 0.6 is 27.7 Å².